The molecule has 0 aliphatic rings. The minimum atomic E-state index is -0.546. The van der Waals surface area contributed by atoms with Crippen LogP contribution in [-0.2, 0) is 0 Å². The second-order valence-corrected chi connectivity index (χ2v) is 4.81. The lowest BCUT2D eigenvalue weighted by Crippen LogP contribution is -2.14. The molecule has 1 aromatic heterocycles. The molecular formula is C13H11BrFN3O. The van der Waals surface area contributed by atoms with Gasteiger partial charge in [-0.1, -0.05) is 0 Å². The number of anilines is 2. The molecule has 0 unspecified atom stereocenters. The number of nitrogens with one attached hydrogen (secondary N) is 1. The third kappa shape index (κ3) is 3.29. The van der Waals surface area contributed by atoms with Gasteiger partial charge in [-0.3, -0.25) is 4.79 Å². The molecule has 0 spiro atoms. The minimum absolute atomic E-state index is 0.166. The number of nitrogens with two attached hydrogens (primary N) is 1. The number of nitrogen functional groups attached to an aromatic ring is 1. The van der Waals surface area contributed by atoms with E-state index in [4.69, 9.17) is 5.73 Å². The Bertz CT molecular complexity index is 626. The van der Waals surface area contributed by atoms with Crippen LogP contribution >= 0.6 is 15.9 Å². The number of rotatable bonds is 2. The summed E-state index contributed by atoms with van der Waals surface area (Å²) in [7, 11) is 0. The number of aromatic nitrogens is 1. The molecule has 3 N–H and O–H groups in total. The van der Waals surface area contributed by atoms with Gasteiger partial charge >= 0.3 is 0 Å². The highest BCUT2D eigenvalue weighted by Crippen LogP contribution is 2.18. The van der Waals surface area contributed by atoms with Crippen LogP contribution in [0, 0.1) is 12.7 Å². The fourth-order valence-corrected chi connectivity index (χ4v) is 2.00. The van der Waals surface area contributed by atoms with Crippen LogP contribution < -0.4 is 11.1 Å². The molecule has 1 aromatic carbocycles. The average molecular weight is 324 g/mol. The summed E-state index contributed by atoms with van der Waals surface area (Å²) in [5.41, 5.74) is 7.10. The van der Waals surface area contributed by atoms with Gasteiger partial charge in [0.1, 0.15) is 10.4 Å². The van der Waals surface area contributed by atoms with Gasteiger partial charge in [0, 0.05) is 11.3 Å². The fourth-order valence-electron chi connectivity index (χ4n) is 1.60. The van der Waals surface area contributed by atoms with Gasteiger partial charge in [-0.25, -0.2) is 9.37 Å². The van der Waals surface area contributed by atoms with E-state index >= 15 is 0 Å². The number of nitrogens with zero attached hydrogens (tertiary/aromatic N) is 1. The summed E-state index contributed by atoms with van der Waals surface area (Å²) in [6.45, 7) is 1.76. The molecule has 0 aliphatic heterocycles. The third-order valence-electron chi connectivity index (χ3n) is 2.48. The molecule has 2 rings (SSSR count). The fraction of sp³-hybridized carbons (Fsp3) is 0.0769. The third-order valence-corrected chi connectivity index (χ3v) is 2.92. The average Bonchev–Trinajstić information content (AvgIpc) is 2.31. The molecule has 0 atom stereocenters. The van der Waals surface area contributed by atoms with Crippen molar-refractivity contribution in [2.24, 2.45) is 0 Å². The SMILES string of the molecule is Cc1nc(Br)ccc1NC(=O)c1cc(N)cc(F)c1. The highest BCUT2D eigenvalue weighted by Gasteiger charge is 2.10. The molecule has 0 aliphatic carbocycles. The molecular weight excluding hydrogens is 313 g/mol. The smallest absolute Gasteiger partial charge is 0.255 e. The molecule has 4 nitrogen and oxygen atoms in total. The van der Waals surface area contributed by atoms with Crippen molar-refractivity contribution in [3.8, 4) is 0 Å². The van der Waals surface area contributed by atoms with E-state index in [1.165, 1.54) is 6.07 Å². The molecule has 98 valence electrons. The normalized spacial score (nSPS) is 10.3. The van der Waals surface area contributed by atoms with Crippen molar-refractivity contribution in [3.63, 3.8) is 0 Å². The summed E-state index contributed by atoms with van der Waals surface area (Å²) in [6.07, 6.45) is 0. The highest BCUT2D eigenvalue weighted by atomic mass is 79.9. The molecule has 0 radical (unpaired) electrons. The number of carbonyl (C=O) groups excluding carboxylic acids is 1. The zero-order chi connectivity index (χ0) is 14.0. The Morgan fingerprint density at radius 1 is 1.37 bits per heavy atom. The maximum Gasteiger partial charge on any atom is 0.255 e. The Hall–Kier alpha value is -1.95. The summed E-state index contributed by atoms with van der Waals surface area (Å²) in [6, 6.07) is 7.13. The van der Waals surface area contributed by atoms with Crippen LogP contribution in [-0.4, -0.2) is 10.9 Å². The van der Waals surface area contributed by atoms with E-state index in [9.17, 15) is 9.18 Å². The number of pyridine rings is 1. The molecule has 0 bridgehead atoms. The topological polar surface area (TPSA) is 68.0 Å². The van der Waals surface area contributed by atoms with E-state index < -0.39 is 11.7 Å². The molecule has 2 aromatic rings. The van der Waals surface area contributed by atoms with Crippen LogP contribution in [0.25, 0.3) is 0 Å². The van der Waals surface area contributed by atoms with Crippen molar-refractivity contribution in [1.82, 2.24) is 4.98 Å². The van der Waals surface area contributed by atoms with Crippen LogP contribution in [0.2, 0.25) is 0 Å². The zero-order valence-electron chi connectivity index (χ0n) is 10.1. The lowest BCUT2D eigenvalue weighted by molar-refractivity contribution is 0.102. The summed E-state index contributed by atoms with van der Waals surface area (Å²) in [5, 5.41) is 2.66. The number of benzene rings is 1. The molecule has 0 saturated heterocycles. The molecule has 1 amide bonds. The Kier molecular flexibility index (Phi) is 3.80. The first kappa shape index (κ1) is 13.5. The molecule has 19 heavy (non-hydrogen) atoms. The number of aryl methyl sites for hydroxylation is 1. The van der Waals surface area contributed by atoms with E-state index in [1.807, 2.05) is 0 Å². The Labute approximate surface area is 118 Å². The number of carbonyl (C=O) groups is 1. The summed E-state index contributed by atoms with van der Waals surface area (Å²) < 4.78 is 13.9. The predicted molar refractivity (Wildman–Crippen MR) is 75.4 cm³/mol. The van der Waals surface area contributed by atoms with Crippen LogP contribution in [0.5, 0.6) is 0 Å². The Morgan fingerprint density at radius 2 is 2.11 bits per heavy atom. The summed E-state index contributed by atoms with van der Waals surface area (Å²) in [5.74, 6) is -0.978. The maximum atomic E-state index is 13.2. The Balaban J connectivity index is 2.25. The number of halogens is 2. The zero-order valence-corrected chi connectivity index (χ0v) is 11.7. The van der Waals surface area contributed by atoms with Crippen molar-refractivity contribution in [1.29, 1.82) is 0 Å². The van der Waals surface area contributed by atoms with Crippen LogP contribution in [0.15, 0.2) is 34.9 Å². The summed E-state index contributed by atoms with van der Waals surface area (Å²) in [4.78, 5) is 16.1. The standard InChI is InChI=1S/C13H11BrFN3O/c1-7-11(2-3-12(14)17-7)18-13(19)8-4-9(15)6-10(16)5-8/h2-6H,16H2,1H3,(H,18,19). The maximum absolute atomic E-state index is 13.2. The first-order valence-corrected chi connectivity index (χ1v) is 6.25. The van der Waals surface area contributed by atoms with E-state index in [-0.39, 0.29) is 11.3 Å². The molecule has 0 fully saturated rings. The van der Waals surface area contributed by atoms with Crippen molar-refractivity contribution < 1.29 is 9.18 Å². The van der Waals surface area contributed by atoms with Crippen molar-refractivity contribution in [3.05, 3.63) is 52.0 Å². The monoisotopic (exact) mass is 323 g/mol. The van der Waals surface area contributed by atoms with Crippen molar-refractivity contribution in [2.75, 3.05) is 11.1 Å². The minimum Gasteiger partial charge on any atom is -0.399 e. The van der Waals surface area contributed by atoms with Gasteiger partial charge in [-0.2, -0.15) is 0 Å². The van der Waals surface area contributed by atoms with Crippen molar-refractivity contribution >= 4 is 33.2 Å². The Morgan fingerprint density at radius 3 is 2.74 bits per heavy atom. The predicted octanol–water partition coefficient (Wildman–Crippen LogP) is 3.13. The van der Waals surface area contributed by atoms with Gasteiger partial charge in [-0.15, -0.1) is 0 Å². The molecule has 0 saturated carbocycles. The number of hydrogen-bond donors (Lipinski definition) is 2. The van der Waals surface area contributed by atoms with Crippen molar-refractivity contribution in [2.45, 2.75) is 6.92 Å². The lowest BCUT2D eigenvalue weighted by atomic mass is 10.1. The van der Waals surface area contributed by atoms with Gasteiger partial charge in [0.2, 0.25) is 0 Å². The second kappa shape index (κ2) is 5.36. The first-order chi connectivity index (χ1) is 8.95. The lowest BCUT2D eigenvalue weighted by Gasteiger charge is -2.08. The van der Waals surface area contributed by atoms with Gasteiger partial charge in [-0.05, 0) is 53.2 Å². The van der Waals surface area contributed by atoms with Crippen LogP contribution in [0.4, 0.5) is 15.8 Å². The van der Waals surface area contributed by atoms with Crippen LogP contribution in [0.3, 0.4) is 0 Å². The van der Waals surface area contributed by atoms with Gasteiger partial charge in [0.15, 0.2) is 0 Å². The largest absolute Gasteiger partial charge is 0.399 e. The quantitative estimate of drug-likeness (QED) is 0.659. The van der Waals surface area contributed by atoms with E-state index in [0.717, 1.165) is 12.1 Å². The number of amides is 1. The van der Waals surface area contributed by atoms with E-state index in [0.29, 0.717) is 16.0 Å². The van der Waals surface area contributed by atoms with Gasteiger partial charge in [0.05, 0.1) is 11.4 Å². The summed E-state index contributed by atoms with van der Waals surface area (Å²) >= 11 is 3.24. The first-order valence-electron chi connectivity index (χ1n) is 5.46. The van der Waals surface area contributed by atoms with E-state index in [1.54, 1.807) is 19.1 Å². The number of hydrogen-bond acceptors (Lipinski definition) is 3. The second-order valence-electron chi connectivity index (χ2n) is 3.99. The molecule has 1 heterocycles. The molecule has 6 heteroatoms. The van der Waals surface area contributed by atoms with E-state index in [2.05, 4.69) is 26.2 Å². The van der Waals surface area contributed by atoms with Gasteiger partial charge < -0.3 is 11.1 Å². The highest BCUT2D eigenvalue weighted by molar-refractivity contribution is 9.10. The van der Waals surface area contributed by atoms with Crippen LogP contribution in [0.1, 0.15) is 16.1 Å². The van der Waals surface area contributed by atoms with Gasteiger partial charge in [0.25, 0.3) is 5.91 Å².